The minimum absolute atomic E-state index is 0.240. The third-order valence-corrected chi connectivity index (χ3v) is 6.77. The van der Waals surface area contributed by atoms with E-state index in [4.69, 9.17) is 4.74 Å². The maximum absolute atomic E-state index is 12.9. The Hall–Kier alpha value is -0.910. The molecule has 1 aliphatic carbocycles. The van der Waals surface area contributed by atoms with Crippen LogP contribution in [0.3, 0.4) is 0 Å². The summed E-state index contributed by atoms with van der Waals surface area (Å²) < 4.78 is 5.46. The number of thiophene rings is 1. The number of nitrogens with zero attached hydrogens (tertiary/aromatic N) is 2. The Bertz CT molecular complexity index is 581. The normalized spacial score (nSPS) is 34.8. The fraction of sp³-hybridized carbons (Fsp3) is 0.722. The van der Waals surface area contributed by atoms with Crippen LogP contribution in [0.2, 0.25) is 0 Å². The molecule has 2 saturated heterocycles. The molecule has 3 aliphatic rings. The van der Waals surface area contributed by atoms with Crippen LogP contribution in [0.4, 0.5) is 0 Å². The molecule has 1 saturated carbocycles. The summed E-state index contributed by atoms with van der Waals surface area (Å²) in [6, 6.07) is 4.90. The zero-order chi connectivity index (χ0) is 16.0. The van der Waals surface area contributed by atoms with Crippen molar-refractivity contribution >= 4 is 17.2 Å². The van der Waals surface area contributed by atoms with Crippen LogP contribution in [-0.2, 0) is 9.53 Å². The first kappa shape index (κ1) is 15.6. The first-order valence-electron chi connectivity index (χ1n) is 8.80. The van der Waals surface area contributed by atoms with Crippen molar-refractivity contribution in [2.45, 2.75) is 32.2 Å². The molecule has 0 N–H and O–H groups in total. The lowest BCUT2D eigenvalue weighted by atomic mass is 10.0. The molecule has 3 heterocycles. The predicted octanol–water partition coefficient (Wildman–Crippen LogP) is 2.34. The average Bonchev–Trinajstić information content (AvgIpc) is 3.09. The van der Waals surface area contributed by atoms with E-state index in [0.29, 0.717) is 23.8 Å². The van der Waals surface area contributed by atoms with E-state index in [2.05, 4.69) is 35.8 Å². The Morgan fingerprint density at radius 1 is 1.26 bits per heavy atom. The molecule has 4 nitrogen and oxygen atoms in total. The van der Waals surface area contributed by atoms with Crippen molar-refractivity contribution in [3.8, 4) is 0 Å². The lowest BCUT2D eigenvalue weighted by Crippen LogP contribution is -2.47. The number of amides is 1. The number of hydrogen-bond donors (Lipinski definition) is 0. The molecule has 0 unspecified atom stereocenters. The summed E-state index contributed by atoms with van der Waals surface area (Å²) >= 11 is 1.85. The van der Waals surface area contributed by atoms with Crippen molar-refractivity contribution in [1.82, 2.24) is 9.80 Å². The van der Waals surface area contributed by atoms with Crippen molar-refractivity contribution in [3.05, 3.63) is 21.9 Å². The highest BCUT2D eigenvalue weighted by atomic mass is 32.1. The molecule has 1 amide bonds. The summed E-state index contributed by atoms with van der Waals surface area (Å²) in [5, 5.41) is 0. The zero-order valence-corrected chi connectivity index (χ0v) is 14.8. The van der Waals surface area contributed by atoms with E-state index in [1.54, 1.807) is 0 Å². The molecular formula is C18H26N2O2S. The van der Waals surface area contributed by atoms with E-state index in [1.807, 2.05) is 11.3 Å². The first-order valence-corrected chi connectivity index (χ1v) is 9.62. The summed E-state index contributed by atoms with van der Waals surface area (Å²) in [7, 11) is 0. The second-order valence-corrected chi connectivity index (χ2v) is 8.65. The highest BCUT2D eigenvalue weighted by Gasteiger charge is 2.48. The maximum Gasteiger partial charge on any atom is 0.226 e. The van der Waals surface area contributed by atoms with Gasteiger partial charge >= 0.3 is 0 Å². The van der Waals surface area contributed by atoms with Gasteiger partial charge in [-0.3, -0.25) is 9.69 Å². The van der Waals surface area contributed by atoms with Gasteiger partial charge in [-0.1, -0.05) is 6.92 Å². The maximum atomic E-state index is 12.9. The highest BCUT2D eigenvalue weighted by Crippen LogP contribution is 2.51. The van der Waals surface area contributed by atoms with Gasteiger partial charge in [0.2, 0.25) is 5.91 Å². The summed E-state index contributed by atoms with van der Waals surface area (Å²) in [6.07, 6.45) is 1.05. The molecule has 0 spiro atoms. The molecule has 4 atom stereocenters. The number of rotatable bonds is 3. The van der Waals surface area contributed by atoms with Crippen molar-refractivity contribution in [2.75, 3.05) is 39.4 Å². The third kappa shape index (κ3) is 3.06. The lowest BCUT2D eigenvalue weighted by Gasteiger charge is -2.34. The van der Waals surface area contributed by atoms with Crippen LogP contribution in [-0.4, -0.2) is 61.1 Å². The summed E-state index contributed by atoms with van der Waals surface area (Å²) in [5.74, 6) is 1.68. The topological polar surface area (TPSA) is 32.8 Å². The van der Waals surface area contributed by atoms with Crippen LogP contribution in [0.15, 0.2) is 12.1 Å². The van der Waals surface area contributed by atoms with Gasteiger partial charge in [0.1, 0.15) is 0 Å². The molecule has 4 rings (SSSR count). The molecule has 0 aromatic carbocycles. The van der Waals surface area contributed by atoms with E-state index in [0.717, 1.165) is 45.8 Å². The lowest BCUT2D eigenvalue weighted by molar-refractivity contribution is -0.131. The minimum atomic E-state index is 0.240. The predicted molar refractivity (Wildman–Crippen MR) is 91.8 cm³/mol. The van der Waals surface area contributed by atoms with Gasteiger partial charge in [0.15, 0.2) is 0 Å². The Balaban J connectivity index is 1.36. The van der Waals surface area contributed by atoms with Gasteiger partial charge in [-0.2, -0.15) is 0 Å². The molecule has 23 heavy (non-hydrogen) atoms. The molecule has 0 radical (unpaired) electrons. The molecule has 1 aromatic rings. The number of hydrogen-bond acceptors (Lipinski definition) is 4. The summed E-state index contributed by atoms with van der Waals surface area (Å²) in [6.45, 7) is 9.96. The van der Waals surface area contributed by atoms with Crippen molar-refractivity contribution in [1.29, 1.82) is 0 Å². The molecule has 0 bridgehead atoms. The zero-order valence-electron chi connectivity index (χ0n) is 14.0. The van der Waals surface area contributed by atoms with Crippen LogP contribution in [0.25, 0.3) is 0 Å². The number of morpholine rings is 1. The van der Waals surface area contributed by atoms with Gasteiger partial charge in [-0.25, -0.2) is 0 Å². The van der Waals surface area contributed by atoms with E-state index in [9.17, 15) is 4.79 Å². The highest BCUT2D eigenvalue weighted by molar-refractivity contribution is 7.12. The van der Waals surface area contributed by atoms with Gasteiger partial charge in [0.05, 0.1) is 13.2 Å². The second kappa shape index (κ2) is 6.19. The molecule has 3 fully saturated rings. The summed E-state index contributed by atoms with van der Waals surface area (Å²) in [4.78, 5) is 20.3. The minimum Gasteiger partial charge on any atom is -0.379 e. The van der Waals surface area contributed by atoms with Gasteiger partial charge in [-0.15, -0.1) is 11.3 Å². The molecule has 126 valence electrons. The third-order valence-electron chi connectivity index (χ3n) is 5.63. The van der Waals surface area contributed by atoms with E-state index >= 15 is 0 Å². The van der Waals surface area contributed by atoms with Crippen molar-refractivity contribution < 1.29 is 9.53 Å². The molecular weight excluding hydrogens is 308 g/mol. The van der Waals surface area contributed by atoms with E-state index in [1.165, 1.54) is 9.75 Å². The van der Waals surface area contributed by atoms with Gasteiger partial charge < -0.3 is 9.64 Å². The molecule has 2 aliphatic heterocycles. The van der Waals surface area contributed by atoms with Gasteiger partial charge in [0.25, 0.3) is 0 Å². The Morgan fingerprint density at radius 3 is 2.74 bits per heavy atom. The quantitative estimate of drug-likeness (QED) is 0.851. The monoisotopic (exact) mass is 334 g/mol. The van der Waals surface area contributed by atoms with E-state index < -0.39 is 0 Å². The van der Waals surface area contributed by atoms with Gasteiger partial charge in [-0.05, 0) is 31.4 Å². The largest absolute Gasteiger partial charge is 0.379 e. The molecule has 5 heteroatoms. The van der Waals surface area contributed by atoms with Crippen LogP contribution >= 0.6 is 11.3 Å². The van der Waals surface area contributed by atoms with Crippen LogP contribution in [0, 0.1) is 18.8 Å². The smallest absolute Gasteiger partial charge is 0.226 e. The Labute approximate surface area is 142 Å². The average molecular weight is 334 g/mol. The Kier molecular flexibility index (Phi) is 4.20. The van der Waals surface area contributed by atoms with Crippen LogP contribution < -0.4 is 0 Å². The van der Waals surface area contributed by atoms with Gasteiger partial charge in [0, 0.05) is 53.8 Å². The number of likely N-dealkylation sites (tertiary alicyclic amines) is 1. The van der Waals surface area contributed by atoms with Crippen molar-refractivity contribution in [3.63, 3.8) is 0 Å². The second-order valence-electron chi connectivity index (χ2n) is 7.33. The number of carbonyl (C=O) groups excluding carboxylic acids is 1. The van der Waals surface area contributed by atoms with Crippen LogP contribution in [0.1, 0.15) is 29.0 Å². The molecule has 1 aromatic heterocycles. The first-order chi connectivity index (χ1) is 11.1. The fourth-order valence-corrected chi connectivity index (χ4v) is 5.24. The van der Waals surface area contributed by atoms with Crippen LogP contribution in [0.5, 0.6) is 0 Å². The standard InChI is InChI=1S/C18H26N2O2S/c1-12-10-20(11-16(12)19-5-7-22-8-6-19)18(21)15-9-14(15)17-4-3-13(2)23-17/h3-4,12,14-16H,5-11H2,1-2H3/t12-,14-,15+,16-/m1/s1. The fourth-order valence-electron chi connectivity index (χ4n) is 4.18. The number of carbonyl (C=O) groups is 1. The van der Waals surface area contributed by atoms with E-state index in [-0.39, 0.29) is 5.92 Å². The number of aryl methyl sites for hydroxylation is 1. The van der Waals surface area contributed by atoms with Crippen molar-refractivity contribution in [2.24, 2.45) is 11.8 Å². The Morgan fingerprint density at radius 2 is 2.04 bits per heavy atom. The number of ether oxygens (including phenoxy) is 1. The SMILES string of the molecule is Cc1ccc([C@@H]2C[C@@H]2C(=O)N2C[C@@H](C)[C@H](N3CCOCC3)C2)s1. The summed E-state index contributed by atoms with van der Waals surface area (Å²) in [5.41, 5.74) is 0.